The van der Waals surface area contributed by atoms with Crippen molar-refractivity contribution in [2.45, 2.75) is 6.04 Å². The number of nitrogens with zero attached hydrogens (tertiary/aromatic N) is 4. The third kappa shape index (κ3) is 3.38. The predicted octanol–water partition coefficient (Wildman–Crippen LogP) is 2.02. The monoisotopic (exact) mass is 376 g/mol. The van der Waals surface area contributed by atoms with Crippen molar-refractivity contribution >= 4 is 28.1 Å². The summed E-state index contributed by atoms with van der Waals surface area (Å²) in [4.78, 5) is 2.15. The molecule has 2 aromatic heterocycles. The highest BCUT2D eigenvalue weighted by Gasteiger charge is 2.22. The first-order valence-corrected chi connectivity index (χ1v) is 9.16. The molecule has 1 aliphatic heterocycles. The third-order valence-corrected chi connectivity index (χ3v) is 5.52. The average Bonchev–Trinajstić information content (AvgIpc) is 3.34. The molecule has 0 bridgehead atoms. The van der Waals surface area contributed by atoms with Gasteiger partial charge in [0.1, 0.15) is 0 Å². The Hall–Kier alpha value is -2.00. The molecule has 25 heavy (non-hydrogen) atoms. The van der Waals surface area contributed by atoms with E-state index >= 15 is 0 Å². The molecule has 0 saturated carbocycles. The second kappa shape index (κ2) is 7.09. The Kier molecular flexibility index (Phi) is 4.67. The molecule has 3 heterocycles. The van der Waals surface area contributed by atoms with Crippen molar-refractivity contribution in [2.24, 2.45) is 0 Å². The molecule has 1 aromatic carbocycles. The van der Waals surface area contributed by atoms with E-state index in [-0.39, 0.29) is 12.6 Å². The van der Waals surface area contributed by atoms with Crippen LogP contribution in [0, 0.1) is 0 Å². The van der Waals surface area contributed by atoms with Crippen molar-refractivity contribution in [3.8, 4) is 21.7 Å². The number of hydrogen-bond donors (Lipinski definition) is 3. The van der Waals surface area contributed by atoms with Gasteiger partial charge in [-0.25, -0.2) is 0 Å². The van der Waals surface area contributed by atoms with Gasteiger partial charge >= 0.3 is 0 Å². The van der Waals surface area contributed by atoms with E-state index in [4.69, 9.17) is 11.6 Å². The van der Waals surface area contributed by atoms with Gasteiger partial charge in [0.2, 0.25) is 5.13 Å². The first-order chi connectivity index (χ1) is 12.2. The summed E-state index contributed by atoms with van der Waals surface area (Å²) < 4.78 is 0. The van der Waals surface area contributed by atoms with E-state index in [0.717, 1.165) is 46.5 Å². The lowest BCUT2D eigenvalue weighted by Crippen LogP contribution is -2.52. The summed E-state index contributed by atoms with van der Waals surface area (Å²) in [5.41, 5.74) is 2.86. The lowest BCUT2D eigenvalue weighted by Gasteiger charge is -2.32. The van der Waals surface area contributed by atoms with Crippen molar-refractivity contribution in [3.63, 3.8) is 0 Å². The minimum absolute atomic E-state index is 0.0685. The molecule has 1 fully saturated rings. The summed E-state index contributed by atoms with van der Waals surface area (Å²) in [5.74, 6) is 0. The summed E-state index contributed by atoms with van der Waals surface area (Å²) >= 11 is 7.99. The maximum Gasteiger partial charge on any atom is 0.208 e. The minimum atomic E-state index is 0.0685. The maximum absolute atomic E-state index is 9.33. The molecule has 130 valence electrons. The Balaban J connectivity index is 1.58. The molecule has 3 aromatic rings. The van der Waals surface area contributed by atoms with E-state index in [1.807, 2.05) is 24.4 Å². The van der Waals surface area contributed by atoms with Crippen LogP contribution in [0.1, 0.15) is 0 Å². The number of piperazine rings is 1. The largest absolute Gasteiger partial charge is 0.395 e. The predicted molar refractivity (Wildman–Crippen MR) is 99.0 cm³/mol. The van der Waals surface area contributed by atoms with E-state index in [2.05, 4.69) is 30.6 Å². The summed E-state index contributed by atoms with van der Waals surface area (Å²) in [6.07, 6.45) is 3.59. The van der Waals surface area contributed by atoms with Crippen LogP contribution in [0.2, 0.25) is 5.02 Å². The first kappa shape index (κ1) is 16.5. The second-order valence-electron chi connectivity index (χ2n) is 5.85. The van der Waals surface area contributed by atoms with E-state index in [0.29, 0.717) is 5.02 Å². The van der Waals surface area contributed by atoms with Crippen LogP contribution < -0.4 is 10.2 Å². The summed E-state index contributed by atoms with van der Waals surface area (Å²) in [6, 6.07) is 5.94. The fourth-order valence-electron chi connectivity index (χ4n) is 2.85. The highest BCUT2D eigenvalue weighted by Crippen LogP contribution is 2.35. The second-order valence-corrected chi connectivity index (χ2v) is 7.21. The molecule has 1 aliphatic rings. The number of aromatic nitrogens is 4. The molecular weight excluding hydrogens is 360 g/mol. The molecule has 3 N–H and O–H groups in total. The SMILES string of the molecule is OCC1CN(c2nnc(-c3ccc(-c4cn[nH]c4)cc3Cl)s2)CCN1. The number of H-pyrrole nitrogens is 1. The van der Waals surface area contributed by atoms with E-state index < -0.39 is 0 Å². The van der Waals surface area contributed by atoms with E-state index in [1.165, 1.54) is 11.3 Å². The molecule has 0 spiro atoms. The van der Waals surface area contributed by atoms with Crippen molar-refractivity contribution in [1.29, 1.82) is 0 Å². The quantitative estimate of drug-likeness (QED) is 0.645. The third-order valence-electron chi connectivity index (χ3n) is 4.19. The van der Waals surface area contributed by atoms with Gasteiger partial charge < -0.3 is 15.3 Å². The van der Waals surface area contributed by atoms with Crippen molar-refractivity contribution in [3.05, 3.63) is 35.6 Å². The summed E-state index contributed by atoms with van der Waals surface area (Å²) in [6.45, 7) is 2.50. The molecule has 1 unspecified atom stereocenters. The average molecular weight is 377 g/mol. The highest BCUT2D eigenvalue weighted by molar-refractivity contribution is 7.18. The zero-order valence-electron chi connectivity index (χ0n) is 13.3. The first-order valence-electron chi connectivity index (χ1n) is 7.96. The minimum Gasteiger partial charge on any atom is -0.395 e. The van der Waals surface area contributed by atoms with Crippen molar-refractivity contribution in [2.75, 3.05) is 31.1 Å². The van der Waals surface area contributed by atoms with Gasteiger partial charge in [-0.15, -0.1) is 10.2 Å². The molecule has 0 radical (unpaired) electrons. The lowest BCUT2D eigenvalue weighted by molar-refractivity contribution is 0.235. The molecule has 0 aliphatic carbocycles. The number of anilines is 1. The van der Waals surface area contributed by atoms with Gasteiger partial charge in [0.15, 0.2) is 5.01 Å². The number of halogens is 1. The van der Waals surface area contributed by atoms with Crippen LogP contribution in [-0.4, -0.2) is 57.8 Å². The number of aromatic amines is 1. The molecule has 1 saturated heterocycles. The fraction of sp³-hybridized carbons (Fsp3) is 0.312. The van der Waals surface area contributed by atoms with E-state index in [1.54, 1.807) is 6.20 Å². The van der Waals surface area contributed by atoms with Gasteiger partial charge in [0.05, 0.1) is 17.8 Å². The molecule has 0 amide bonds. The highest BCUT2D eigenvalue weighted by atomic mass is 35.5. The van der Waals surface area contributed by atoms with Crippen LogP contribution in [0.25, 0.3) is 21.7 Å². The fourth-order valence-corrected chi connectivity index (χ4v) is 4.10. The number of nitrogens with one attached hydrogen (secondary N) is 2. The Bertz CT molecular complexity index is 852. The van der Waals surface area contributed by atoms with E-state index in [9.17, 15) is 5.11 Å². The van der Waals surface area contributed by atoms with Crippen LogP contribution in [0.4, 0.5) is 5.13 Å². The number of hydrogen-bond acceptors (Lipinski definition) is 7. The molecule has 1 atom stereocenters. The van der Waals surface area contributed by atoms with Gasteiger partial charge in [-0.1, -0.05) is 29.0 Å². The van der Waals surface area contributed by atoms with Crippen LogP contribution >= 0.6 is 22.9 Å². The van der Waals surface area contributed by atoms with Crippen LogP contribution in [0.5, 0.6) is 0 Å². The van der Waals surface area contributed by atoms with Crippen molar-refractivity contribution < 1.29 is 5.11 Å². The number of rotatable bonds is 4. The van der Waals surface area contributed by atoms with Gasteiger partial charge in [-0.2, -0.15) is 5.10 Å². The van der Waals surface area contributed by atoms with Gasteiger partial charge in [-0.3, -0.25) is 5.10 Å². The molecule has 7 nitrogen and oxygen atoms in total. The standard InChI is InChI=1S/C16H17ClN6OS/c17-14-5-10(11-6-19-20-7-11)1-2-13(14)15-21-22-16(25-15)23-4-3-18-12(8-23)9-24/h1-2,5-7,12,18,24H,3-4,8-9H2,(H,19,20). The normalized spacial score (nSPS) is 17.8. The summed E-state index contributed by atoms with van der Waals surface area (Å²) in [7, 11) is 0. The van der Waals surface area contributed by atoms with Crippen LogP contribution in [-0.2, 0) is 0 Å². The van der Waals surface area contributed by atoms with Crippen LogP contribution in [0.15, 0.2) is 30.6 Å². The lowest BCUT2D eigenvalue weighted by atomic mass is 10.1. The summed E-state index contributed by atoms with van der Waals surface area (Å²) in [5, 5.41) is 30.3. The maximum atomic E-state index is 9.33. The molecular formula is C16H17ClN6OS. The van der Waals surface area contributed by atoms with Gasteiger partial charge in [0, 0.05) is 43.0 Å². The van der Waals surface area contributed by atoms with Crippen molar-refractivity contribution in [1.82, 2.24) is 25.7 Å². The number of aliphatic hydroxyl groups is 1. The number of aliphatic hydroxyl groups excluding tert-OH is 1. The van der Waals surface area contributed by atoms with Gasteiger partial charge in [0.25, 0.3) is 0 Å². The zero-order valence-corrected chi connectivity index (χ0v) is 14.9. The zero-order chi connectivity index (χ0) is 17.2. The Morgan fingerprint density at radius 3 is 3.00 bits per heavy atom. The van der Waals surface area contributed by atoms with Gasteiger partial charge in [-0.05, 0) is 17.7 Å². The molecule has 9 heteroatoms. The Labute approximate surface area is 153 Å². The smallest absolute Gasteiger partial charge is 0.208 e. The Morgan fingerprint density at radius 1 is 1.32 bits per heavy atom. The number of benzene rings is 1. The Morgan fingerprint density at radius 2 is 2.24 bits per heavy atom. The topological polar surface area (TPSA) is 90.0 Å². The molecule has 4 rings (SSSR count). The van der Waals surface area contributed by atoms with Crippen LogP contribution in [0.3, 0.4) is 0 Å².